The summed E-state index contributed by atoms with van der Waals surface area (Å²) in [4.78, 5) is 0. The zero-order valence-electron chi connectivity index (χ0n) is 12.2. The number of nitrogens with one attached hydrogen (secondary N) is 1. The highest BCUT2D eigenvalue weighted by molar-refractivity contribution is 6.42. The molecule has 2 nitrogen and oxygen atoms in total. The molecule has 2 rings (SSSR count). The molecule has 1 aliphatic carbocycles. The maximum absolute atomic E-state index is 10.6. The van der Waals surface area contributed by atoms with E-state index in [0.717, 1.165) is 31.2 Å². The van der Waals surface area contributed by atoms with Crippen molar-refractivity contribution in [1.82, 2.24) is 5.32 Å². The first-order valence-electron chi connectivity index (χ1n) is 7.17. The molecule has 2 N–H and O–H groups in total. The maximum Gasteiger partial charge on any atom is 0.0772 e. The molecular formula is C16H23Cl2NO. The standard InChI is InChI=1S/C16H23Cl2NO/c1-15(2)6-8-16(20,9-7-15)11-19-10-12-4-3-5-13(17)14(12)18/h3-5,19-20H,6-11H2,1-2H3. The van der Waals surface area contributed by atoms with E-state index >= 15 is 0 Å². The second-order valence-corrected chi connectivity index (χ2v) is 7.49. The van der Waals surface area contributed by atoms with E-state index in [1.807, 2.05) is 12.1 Å². The molecule has 4 heteroatoms. The number of halogens is 2. The minimum absolute atomic E-state index is 0.364. The second kappa shape index (κ2) is 6.23. The third kappa shape index (κ3) is 4.11. The van der Waals surface area contributed by atoms with Gasteiger partial charge in [0.1, 0.15) is 0 Å². The topological polar surface area (TPSA) is 32.3 Å². The van der Waals surface area contributed by atoms with Crippen molar-refractivity contribution in [3.8, 4) is 0 Å². The fraction of sp³-hybridized carbons (Fsp3) is 0.625. The number of hydrogen-bond acceptors (Lipinski definition) is 2. The molecule has 1 saturated carbocycles. The van der Waals surface area contributed by atoms with Gasteiger partial charge >= 0.3 is 0 Å². The molecule has 0 heterocycles. The normalized spacial score (nSPS) is 20.9. The highest BCUT2D eigenvalue weighted by Gasteiger charge is 2.36. The van der Waals surface area contributed by atoms with Crippen molar-refractivity contribution in [2.24, 2.45) is 5.41 Å². The van der Waals surface area contributed by atoms with E-state index in [1.54, 1.807) is 6.07 Å². The lowest BCUT2D eigenvalue weighted by Crippen LogP contribution is -2.44. The Morgan fingerprint density at radius 1 is 1.15 bits per heavy atom. The van der Waals surface area contributed by atoms with Crippen LogP contribution in [0.15, 0.2) is 18.2 Å². The van der Waals surface area contributed by atoms with Crippen LogP contribution in [0.25, 0.3) is 0 Å². The number of hydrogen-bond donors (Lipinski definition) is 2. The zero-order valence-corrected chi connectivity index (χ0v) is 13.7. The molecule has 0 radical (unpaired) electrons. The maximum atomic E-state index is 10.6. The van der Waals surface area contributed by atoms with E-state index < -0.39 is 5.60 Å². The fourth-order valence-electron chi connectivity index (χ4n) is 2.68. The second-order valence-electron chi connectivity index (χ2n) is 6.71. The van der Waals surface area contributed by atoms with E-state index in [2.05, 4.69) is 19.2 Å². The summed E-state index contributed by atoms with van der Waals surface area (Å²) in [6.45, 7) is 5.77. The Balaban J connectivity index is 1.85. The van der Waals surface area contributed by atoms with Crippen molar-refractivity contribution in [2.75, 3.05) is 6.54 Å². The minimum atomic E-state index is -0.583. The number of benzene rings is 1. The quantitative estimate of drug-likeness (QED) is 0.862. The first-order valence-corrected chi connectivity index (χ1v) is 7.93. The van der Waals surface area contributed by atoms with Crippen molar-refractivity contribution >= 4 is 23.2 Å². The molecule has 20 heavy (non-hydrogen) atoms. The molecule has 0 atom stereocenters. The molecule has 0 bridgehead atoms. The predicted molar refractivity (Wildman–Crippen MR) is 85.4 cm³/mol. The Hall–Kier alpha value is -0.280. The summed E-state index contributed by atoms with van der Waals surface area (Å²) >= 11 is 12.1. The van der Waals surface area contributed by atoms with Crippen molar-refractivity contribution in [2.45, 2.75) is 51.7 Å². The Bertz CT molecular complexity index is 464. The summed E-state index contributed by atoms with van der Waals surface area (Å²) < 4.78 is 0. The monoisotopic (exact) mass is 315 g/mol. The van der Waals surface area contributed by atoms with Crippen LogP contribution < -0.4 is 5.32 Å². The van der Waals surface area contributed by atoms with Crippen molar-refractivity contribution in [3.63, 3.8) is 0 Å². The molecular weight excluding hydrogens is 293 g/mol. The lowest BCUT2D eigenvalue weighted by atomic mass is 9.71. The van der Waals surface area contributed by atoms with Crippen LogP contribution >= 0.6 is 23.2 Å². The Labute approximate surface area is 131 Å². The van der Waals surface area contributed by atoms with Gasteiger partial charge in [0.2, 0.25) is 0 Å². The summed E-state index contributed by atoms with van der Waals surface area (Å²) in [5.41, 5.74) is 0.752. The van der Waals surface area contributed by atoms with E-state index in [-0.39, 0.29) is 0 Å². The van der Waals surface area contributed by atoms with Crippen LogP contribution in [0.3, 0.4) is 0 Å². The SMILES string of the molecule is CC1(C)CCC(O)(CNCc2cccc(Cl)c2Cl)CC1. The molecule has 1 aliphatic rings. The van der Waals surface area contributed by atoms with Crippen LogP contribution in [-0.2, 0) is 6.54 Å². The van der Waals surface area contributed by atoms with Gasteiger partial charge in [-0.3, -0.25) is 0 Å². The number of aliphatic hydroxyl groups is 1. The molecule has 0 amide bonds. The van der Waals surface area contributed by atoms with Crippen LogP contribution in [0.1, 0.15) is 45.1 Å². The van der Waals surface area contributed by atoms with Gasteiger partial charge in [0.25, 0.3) is 0 Å². The summed E-state index contributed by atoms with van der Waals surface area (Å²) in [6, 6.07) is 5.63. The van der Waals surface area contributed by atoms with Gasteiger partial charge in [0.15, 0.2) is 0 Å². The van der Waals surface area contributed by atoms with E-state index in [9.17, 15) is 5.11 Å². The van der Waals surface area contributed by atoms with E-state index in [0.29, 0.717) is 28.5 Å². The third-order valence-electron chi connectivity index (χ3n) is 4.34. The molecule has 0 saturated heterocycles. The lowest BCUT2D eigenvalue weighted by molar-refractivity contribution is -0.0245. The van der Waals surface area contributed by atoms with Crippen molar-refractivity contribution < 1.29 is 5.11 Å². The summed E-state index contributed by atoms with van der Waals surface area (Å²) in [5, 5.41) is 15.1. The van der Waals surface area contributed by atoms with Crippen molar-refractivity contribution in [3.05, 3.63) is 33.8 Å². The molecule has 1 aromatic carbocycles. The molecule has 112 valence electrons. The van der Waals surface area contributed by atoms with Crippen LogP contribution in [0.2, 0.25) is 10.0 Å². The fourth-order valence-corrected chi connectivity index (χ4v) is 3.07. The van der Waals surface area contributed by atoms with Gasteiger partial charge < -0.3 is 10.4 Å². The Kier molecular flexibility index (Phi) is 5.01. The van der Waals surface area contributed by atoms with Crippen LogP contribution in [0, 0.1) is 5.41 Å². The molecule has 1 aromatic rings. The summed E-state index contributed by atoms with van der Waals surface area (Å²) in [6.07, 6.45) is 3.86. The van der Waals surface area contributed by atoms with Gasteiger partial charge in [-0.15, -0.1) is 0 Å². The molecule has 0 aromatic heterocycles. The van der Waals surface area contributed by atoms with Crippen LogP contribution in [0.4, 0.5) is 0 Å². The van der Waals surface area contributed by atoms with Gasteiger partial charge in [-0.1, -0.05) is 49.2 Å². The molecule has 0 aliphatic heterocycles. The largest absolute Gasteiger partial charge is 0.389 e. The van der Waals surface area contributed by atoms with Crippen LogP contribution in [-0.4, -0.2) is 17.3 Å². The Morgan fingerprint density at radius 2 is 1.80 bits per heavy atom. The van der Waals surface area contributed by atoms with Gasteiger partial charge in [-0.2, -0.15) is 0 Å². The summed E-state index contributed by atoms with van der Waals surface area (Å²) in [5.74, 6) is 0. The van der Waals surface area contributed by atoms with E-state index in [1.165, 1.54) is 0 Å². The minimum Gasteiger partial charge on any atom is -0.389 e. The third-order valence-corrected chi connectivity index (χ3v) is 5.19. The zero-order chi connectivity index (χ0) is 14.8. The lowest BCUT2D eigenvalue weighted by Gasteiger charge is -2.40. The smallest absolute Gasteiger partial charge is 0.0772 e. The average Bonchev–Trinajstić information content (AvgIpc) is 2.39. The first kappa shape index (κ1) is 16.1. The molecule has 1 fully saturated rings. The van der Waals surface area contributed by atoms with Gasteiger partial charge in [-0.25, -0.2) is 0 Å². The molecule has 0 spiro atoms. The van der Waals surface area contributed by atoms with Gasteiger partial charge in [0, 0.05) is 13.1 Å². The Morgan fingerprint density at radius 3 is 2.45 bits per heavy atom. The average molecular weight is 316 g/mol. The highest BCUT2D eigenvalue weighted by atomic mass is 35.5. The van der Waals surface area contributed by atoms with Gasteiger partial charge in [-0.05, 0) is 42.7 Å². The predicted octanol–water partition coefficient (Wildman–Crippen LogP) is 4.41. The first-order chi connectivity index (χ1) is 9.31. The highest BCUT2D eigenvalue weighted by Crippen LogP contribution is 2.39. The van der Waals surface area contributed by atoms with Gasteiger partial charge in [0.05, 0.1) is 15.6 Å². The number of rotatable bonds is 4. The van der Waals surface area contributed by atoms with E-state index in [4.69, 9.17) is 23.2 Å². The molecule has 0 unspecified atom stereocenters. The van der Waals surface area contributed by atoms with Crippen LogP contribution in [0.5, 0.6) is 0 Å². The van der Waals surface area contributed by atoms with Crippen molar-refractivity contribution in [1.29, 1.82) is 0 Å². The summed E-state index contributed by atoms with van der Waals surface area (Å²) in [7, 11) is 0.